The van der Waals surface area contributed by atoms with Gasteiger partial charge < -0.3 is 9.80 Å². The average molecular weight is 664 g/mol. The van der Waals surface area contributed by atoms with Crippen molar-refractivity contribution in [1.82, 2.24) is 29.6 Å². The molecule has 3 aromatic heterocycles. The summed E-state index contributed by atoms with van der Waals surface area (Å²) < 4.78 is 43.7. The van der Waals surface area contributed by atoms with E-state index in [1.807, 2.05) is 25.7 Å². The Morgan fingerprint density at radius 1 is 1.20 bits per heavy atom. The van der Waals surface area contributed by atoms with E-state index in [1.165, 1.54) is 18.2 Å². The number of sulfone groups is 1. The lowest BCUT2D eigenvalue weighted by Gasteiger charge is -2.40. The molecule has 0 spiro atoms. The predicted octanol–water partition coefficient (Wildman–Crippen LogP) is 4.87. The summed E-state index contributed by atoms with van der Waals surface area (Å²) in [5.41, 5.74) is 0.375. The van der Waals surface area contributed by atoms with Gasteiger partial charge in [-0.15, -0.1) is 0 Å². The van der Waals surface area contributed by atoms with Crippen molar-refractivity contribution >= 4 is 55.1 Å². The number of H-pyrrole nitrogens is 1. The molecule has 0 unspecified atom stereocenters. The van der Waals surface area contributed by atoms with Crippen molar-refractivity contribution in [2.45, 2.75) is 37.6 Å². The Kier molecular flexibility index (Phi) is 7.93. The molecule has 1 aliphatic rings. The molecule has 1 amide bonds. The first-order valence-corrected chi connectivity index (χ1v) is 16.8. The van der Waals surface area contributed by atoms with E-state index in [4.69, 9.17) is 16.6 Å². The van der Waals surface area contributed by atoms with Gasteiger partial charge in [0, 0.05) is 42.9 Å². The van der Waals surface area contributed by atoms with E-state index in [9.17, 15) is 18.0 Å². The molecule has 4 heterocycles. The summed E-state index contributed by atoms with van der Waals surface area (Å²) in [6.45, 7) is 10.1. The van der Waals surface area contributed by atoms with E-state index in [0.717, 1.165) is 10.8 Å². The van der Waals surface area contributed by atoms with Crippen LogP contribution >= 0.6 is 11.6 Å². The monoisotopic (exact) mass is 663 g/mol. The van der Waals surface area contributed by atoms with Gasteiger partial charge in [0.25, 0.3) is 0 Å². The summed E-state index contributed by atoms with van der Waals surface area (Å²) in [4.78, 5) is 39.1. The molecule has 1 atom stereocenters. The summed E-state index contributed by atoms with van der Waals surface area (Å²) in [6.07, 6.45) is 3.88. The number of pyridine rings is 1. The van der Waals surface area contributed by atoms with Gasteiger partial charge in [0.2, 0.25) is 5.91 Å². The molecule has 1 aliphatic heterocycles. The number of aromatic nitrogens is 5. The molecule has 46 heavy (non-hydrogen) atoms. The normalized spacial score (nSPS) is 15.7. The molecule has 14 heteroatoms. The number of rotatable bonds is 6. The van der Waals surface area contributed by atoms with Gasteiger partial charge in [-0.3, -0.25) is 9.89 Å². The summed E-state index contributed by atoms with van der Waals surface area (Å²) in [5.74, 6) is -0.998. The number of halogens is 2. The zero-order valence-electron chi connectivity index (χ0n) is 25.6. The van der Waals surface area contributed by atoms with Crippen molar-refractivity contribution in [3.8, 4) is 16.9 Å². The van der Waals surface area contributed by atoms with Crippen LogP contribution in [0.15, 0.2) is 64.9 Å². The molecule has 0 bridgehead atoms. The van der Waals surface area contributed by atoms with Crippen molar-refractivity contribution in [1.29, 1.82) is 0 Å². The number of benzene rings is 2. The number of hydrogen-bond donors (Lipinski definition) is 1. The second kappa shape index (κ2) is 11.6. The van der Waals surface area contributed by atoms with Gasteiger partial charge in [-0.05, 0) is 48.7 Å². The second-order valence-electron chi connectivity index (χ2n) is 11.7. The molecule has 1 N–H and O–H groups in total. The van der Waals surface area contributed by atoms with Crippen molar-refractivity contribution in [3.05, 3.63) is 82.1 Å². The molecule has 5 aromatic rings. The predicted molar refractivity (Wildman–Crippen MR) is 176 cm³/mol. The fourth-order valence-electron chi connectivity index (χ4n) is 6.07. The first kappa shape index (κ1) is 31.4. The molecule has 0 saturated carbocycles. The van der Waals surface area contributed by atoms with Crippen LogP contribution < -0.4 is 10.6 Å². The van der Waals surface area contributed by atoms with Gasteiger partial charge in [-0.2, -0.15) is 10.1 Å². The van der Waals surface area contributed by atoms with E-state index in [1.54, 1.807) is 35.4 Å². The van der Waals surface area contributed by atoms with Crippen LogP contribution in [0.4, 0.5) is 10.2 Å². The maximum Gasteiger partial charge on any atom is 0.355 e. The minimum atomic E-state index is -3.86. The van der Waals surface area contributed by atoms with Gasteiger partial charge in [0.1, 0.15) is 11.5 Å². The van der Waals surface area contributed by atoms with Crippen LogP contribution in [0.1, 0.15) is 32.3 Å². The summed E-state index contributed by atoms with van der Waals surface area (Å²) in [5, 5.41) is 7.97. The molecular formula is C32H31ClFN7O4S. The zero-order chi connectivity index (χ0) is 33.1. The number of carbonyl (C=O) groups is 1. The molecule has 6 rings (SSSR count). The molecule has 11 nitrogen and oxygen atoms in total. The van der Waals surface area contributed by atoms with Crippen LogP contribution in [-0.4, -0.2) is 75.9 Å². The highest BCUT2D eigenvalue weighted by Crippen LogP contribution is 2.38. The fourth-order valence-corrected chi connectivity index (χ4v) is 7.20. The van der Waals surface area contributed by atoms with Crippen molar-refractivity contribution in [3.63, 3.8) is 0 Å². The van der Waals surface area contributed by atoms with Gasteiger partial charge in [-0.1, -0.05) is 44.2 Å². The van der Waals surface area contributed by atoms with E-state index in [-0.39, 0.29) is 61.6 Å². The Bertz CT molecular complexity index is 2230. The minimum Gasteiger partial charge on any atom is -0.350 e. The van der Waals surface area contributed by atoms with Crippen LogP contribution in [0.5, 0.6) is 0 Å². The summed E-state index contributed by atoms with van der Waals surface area (Å²) >= 11 is 6.62. The number of anilines is 1. The first-order valence-electron chi connectivity index (χ1n) is 14.6. The van der Waals surface area contributed by atoms with E-state index < -0.39 is 21.3 Å². The SMILES string of the molecule is C=CC(=O)N1CCN(c2nc(=O)n(-c3c(C(C)C)cccc3S(C)(=O)=O)c3nc(-c4c(Cl)ccc5cn[nH]c45)c(F)cc23)[C@@H](C)C1. The number of nitrogens with one attached hydrogen (secondary N) is 1. The van der Waals surface area contributed by atoms with Gasteiger partial charge in [0.05, 0.1) is 32.7 Å². The fraction of sp³-hybridized carbons (Fsp3) is 0.281. The van der Waals surface area contributed by atoms with Crippen molar-refractivity contribution < 1.29 is 17.6 Å². The third kappa shape index (κ3) is 5.22. The number of amides is 1. The summed E-state index contributed by atoms with van der Waals surface area (Å²) in [6, 6.07) is 9.05. The highest BCUT2D eigenvalue weighted by Gasteiger charge is 2.31. The first-order chi connectivity index (χ1) is 21.8. The number of carbonyl (C=O) groups excluding carboxylic acids is 1. The standard InChI is InChI=1S/C32H31ClFN7O4S/c1-6-25(42)39-12-13-40(18(4)16-39)30-21-14-23(34)28(26-22(33)11-10-19-15-35-38-27(19)26)36-31(21)41(32(43)37-30)29-20(17(2)3)8-7-9-24(29)46(5,44)45/h6-11,14-15,17-18H,1,12-13,16H2,2-5H3,(H,35,38)/t18-/m0/s1. The highest BCUT2D eigenvalue weighted by atomic mass is 35.5. The molecule has 1 fully saturated rings. The highest BCUT2D eigenvalue weighted by molar-refractivity contribution is 7.90. The van der Waals surface area contributed by atoms with E-state index in [2.05, 4.69) is 21.8 Å². The van der Waals surface area contributed by atoms with Crippen LogP contribution in [0.3, 0.4) is 0 Å². The Balaban J connectivity index is 1.72. The van der Waals surface area contributed by atoms with Gasteiger partial charge >= 0.3 is 5.69 Å². The molecular weight excluding hydrogens is 633 g/mol. The number of fused-ring (bicyclic) bond motifs is 2. The third-order valence-corrected chi connectivity index (χ3v) is 9.71. The molecule has 0 radical (unpaired) electrons. The van der Waals surface area contributed by atoms with Crippen LogP contribution in [0.2, 0.25) is 5.02 Å². The maximum atomic E-state index is 16.3. The third-order valence-electron chi connectivity index (χ3n) is 8.27. The average Bonchev–Trinajstić information content (AvgIpc) is 3.48. The van der Waals surface area contributed by atoms with Crippen LogP contribution in [0.25, 0.3) is 38.9 Å². The zero-order valence-corrected chi connectivity index (χ0v) is 27.2. The van der Waals surface area contributed by atoms with Gasteiger partial charge in [-0.25, -0.2) is 27.2 Å². The smallest absolute Gasteiger partial charge is 0.350 e. The van der Waals surface area contributed by atoms with Crippen molar-refractivity contribution in [2.75, 3.05) is 30.8 Å². The summed E-state index contributed by atoms with van der Waals surface area (Å²) in [7, 11) is -3.86. The number of hydrogen-bond acceptors (Lipinski definition) is 8. The maximum absolute atomic E-state index is 16.3. The largest absolute Gasteiger partial charge is 0.355 e. The Labute approximate surface area is 269 Å². The van der Waals surface area contributed by atoms with Gasteiger partial charge in [0.15, 0.2) is 21.3 Å². The molecule has 1 saturated heterocycles. The lowest BCUT2D eigenvalue weighted by molar-refractivity contribution is -0.126. The Hall–Kier alpha value is -4.62. The quantitative estimate of drug-likeness (QED) is 0.255. The number of aromatic amines is 1. The molecule has 2 aromatic carbocycles. The van der Waals surface area contributed by atoms with E-state index in [0.29, 0.717) is 36.1 Å². The number of nitrogens with zero attached hydrogens (tertiary/aromatic N) is 6. The minimum absolute atomic E-state index is 0.00576. The van der Waals surface area contributed by atoms with Crippen molar-refractivity contribution in [2.24, 2.45) is 0 Å². The Morgan fingerprint density at radius 2 is 1.96 bits per heavy atom. The lowest BCUT2D eigenvalue weighted by Crippen LogP contribution is -2.54. The lowest BCUT2D eigenvalue weighted by atomic mass is 10.0. The molecule has 0 aliphatic carbocycles. The molecule has 238 valence electrons. The topological polar surface area (TPSA) is 134 Å². The number of para-hydroxylation sites is 1. The number of piperazine rings is 1. The van der Waals surface area contributed by atoms with Crippen LogP contribution in [0, 0.1) is 5.82 Å². The van der Waals surface area contributed by atoms with Crippen LogP contribution in [-0.2, 0) is 14.6 Å². The Morgan fingerprint density at radius 3 is 2.63 bits per heavy atom. The second-order valence-corrected chi connectivity index (χ2v) is 14.0. The van der Waals surface area contributed by atoms with E-state index >= 15 is 4.39 Å².